The van der Waals surface area contributed by atoms with Gasteiger partial charge in [-0.3, -0.25) is 9.59 Å². The zero-order valence-corrected chi connectivity index (χ0v) is 23.2. The van der Waals surface area contributed by atoms with E-state index in [4.69, 9.17) is 9.47 Å². The van der Waals surface area contributed by atoms with Crippen molar-refractivity contribution in [2.45, 2.75) is 57.8 Å². The van der Waals surface area contributed by atoms with E-state index < -0.39 is 30.1 Å². The van der Waals surface area contributed by atoms with E-state index in [1.54, 1.807) is 13.0 Å². The zero-order valence-electron chi connectivity index (χ0n) is 22.4. The van der Waals surface area contributed by atoms with E-state index in [9.17, 15) is 14.7 Å². The molecule has 200 valence electrons. The Morgan fingerprint density at radius 2 is 1.86 bits per heavy atom. The topological polar surface area (TPSA) is 96.9 Å². The summed E-state index contributed by atoms with van der Waals surface area (Å²) in [7, 11) is 1.44. The van der Waals surface area contributed by atoms with Gasteiger partial charge in [0.1, 0.15) is 17.9 Å². The van der Waals surface area contributed by atoms with Crippen molar-refractivity contribution in [1.82, 2.24) is 5.32 Å². The minimum atomic E-state index is -0.916. The van der Waals surface area contributed by atoms with Gasteiger partial charge in [0.25, 0.3) is 0 Å². The molecule has 0 radical (unpaired) electrons. The standard InChI is InChI=1S/C29H38N2O5S/c1-18(15-16-29(3,4)5)25(32)19(2)26(35-6)28(34)30-21-17-37-23-14-10-13-22(24(23)31-27(21)33)36-20-11-8-7-9-12-20/h7-16,18-19,21,25-26,32H,17H2,1-6H3,(H,30,34)(H,31,33)/b16-15+/t18-,19-,21?,25+,26-/m1/s1. The lowest BCUT2D eigenvalue weighted by Crippen LogP contribution is -2.52. The summed E-state index contributed by atoms with van der Waals surface area (Å²) in [6.07, 6.45) is 2.30. The summed E-state index contributed by atoms with van der Waals surface area (Å²) in [6.45, 7) is 9.95. The average Bonchev–Trinajstić information content (AvgIpc) is 3.01. The Bertz CT molecular complexity index is 1100. The summed E-state index contributed by atoms with van der Waals surface area (Å²) in [5.74, 6) is 0.0915. The van der Waals surface area contributed by atoms with Gasteiger partial charge in [-0.1, -0.05) is 71.0 Å². The smallest absolute Gasteiger partial charge is 0.250 e. The molecule has 0 spiro atoms. The highest BCUT2D eigenvalue weighted by atomic mass is 32.2. The number of para-hydroxylation sites is 2. The van der Waals surface area contributed by atoms with Crippen LogP contribution in [0, 0.1) is 17.3 Å². The number of rotatable bonds is 9. The summed E-state index contributed by atoms with van der Waals surface area (Å²) in [4.78, 5) is 27.2. The maximum Gasteiger partial charge on any atom is 0.250 e. The molecule has 1 heterocycles. The van der Waals surface area contributed by atoms with Gasteiger partial charge in [-0.15, -0.1) is 11.8 Å². The highest BCUT2D eigenvalue weighted by Gasteiger charge is 2.35. The number of fused-ring (bicyclic) bond motifs is 1. The number of benzene rings is 2. The number of amides is 2. The number of aliphatic hydroxyl groups is 1. The number of carbonyl (C=O) groups excluding carboxylic acids is 2. The molecule has 0 aromatic heterocycles. The predicted molar refractivity (Wildman–Crippen MR) is 148 cm³/mol. The number of ether oxygens (including phenoxy) is 2. The van der Waals surface area contributed by atoms with Crippen molar-refractivity contribution < 1.29 is 24.2 Å². The molecule has 37 heavy (non-hydrogen) atoms. The maximum absolute atomic E-state index is 13.2. The molecule has 3 rings (SSSR count). The van der Waals surface area contributed by atoms with E-state index in [0.717, 1.165) is 4.90 Å². The van der Waals surface area contributed by atoms with Crippen molar-refractivity contribution >= 4 is 29.3 Å². The monoisotopic (exact) mass is 526 g/mol. The van der Waals surface area contributed by atoms with Crippen LogP contribution >= 0.6 is 11.8 Å². The molecule has 7 nitrogen and oxygen atoms in total. The lowest BCUT2D eigenvalue weighted by molar-refractivity contribution is -0.139. The highest BCUT2D eigenvalue weighted by Crippen LogP contribution is 2.39. The number of anilines is 1. The first kappa shape index (κ1) is 28.8. The fourth-order valence-electron chi connectivity index (χ4n) is 4.05. The Balaban J connectivity index is 1.69. The zero-order chi connectivity index (χ0) is 27.2. The van der Waals surface area contributed by atoms with Gasteiger partial charge in [0, 0.05) is 29.6 Å². The number of allylic oxidation sites excluding steroid dienone is 1. The van der Waals surface area contributed by atoms with Crippen molar-refractivity contribution in [2.24, 2.45) is 17.3 Å². The molecule has 1 aliphatic heterocycles. The second kappa shape index (κ2) is 12.6. The van der Waals surface area contributed by atoms with E-state index in [0.29, 0.717) is 22.9 Å². The lowest BCUT2D eigenvalue weighted by Gasteiger charge is -2.30. The summed E-state index contributed by atoms with van der Waals surface area (Å²) in [5, 5.41) is 16.7. The first-order valence-corrected chi connectivity index (χ1v) is 13.5. The van der Waals surface area contributed by atoms with Gasteiger partial charge in [-0.2, -0.15) is 0 Å². The maximum atomic E-state index is 13.2. The van der Waals surface area contributed by atoms with Crippen LogP contribution in [0.1, 0.15) is 34.6 Å². The third-order valence-electron chi connectivity index (χ3n) is 6.21. The number of nitrogens with one attached hydrogen (secondary N) is 2. The molecule has 0 bridgehead atoms. The van der Waals surface area contributed by atoms with E-state index in [-0.39, 0.29) is 17.2 Å². The fourth-order valence-corrected chi connectivity index (χ4v) is 5.10. The van der Waals surface area contributed by atoms with Gasteiger partial charge in [0.2, 0.25) is 11.8 Å². The minimum absolute atomic E-state index is 0.0106. The Hall–Kier alpha value is -2.81. The molecule has 1 aliphatic rings. The second-order valence-corrected chi connectivity index (χ2v) is 11.6. The van der Waals surface area contributed by atoms with Crippen LogP contribution in [0.3, 0.4) is 0 Å². The van der Waals surface area contributed by atoms with E-state index in [1.807, 2.05) is 55.5 Å². The molecular weight excluding hydrogens is 488 g/mol. The van der Waals surface area contributed by atoms with Crippen LogP contribution in [-0.4, -0.2) is 48.0 Å². The molecule has 1 unspecified atom stereocenters. The van der Waals surface area contributed by atoms with Crippen LogP contribution in [0.5, 0.6) is 11.5 Å². The Morgan fingerprint density at radius 1 is 1.16 bits per heavy atom. The van der Waals surface area contributed by atoms with Gasteiger partial charge in [-0.25, -0.2) is 0 Å². The molecule has 0 aliphatic carbocycles. The van der Waals surface area contributed by atoms with Crippen LogP contribution in [0.15, 0.2) is 65.6 Å². The molecule has 8 heteroatoms. The van der Waals surface area contributed by atoms with E-state index in [1.165, 1.54) is 18.9 Å². The molecule has 2 amide bonds. The first-order chi connectivity index (χ1) is 17.5. The van der Waals surface area contributed by atoms with E-state index >= 15 is 0 Å². The lowest BCUT2D eigenvalue weighted by atomic mass is 9.86. The van der Waals surface area contributed by atoms with Crippen LogP contribution in [0.4, 0.5) is 5.69 Å². The van der Waals surface area contributed by atoms with Crippen molar-refractivity contribution in [3.8, 4) is 11.5 Å². The summed E-state index contributed by atoms with van der Waals surface area (Å²) < 4.78 is 11.5. The summed E-state index contributed by atoms with van der Waals surface area (Å²) in [6, 6.07) is 14.1. The van der Waals surface area contributed by atoms with Crippen LogP contribution < -0.4 is 15.4 Å². The third-order valence-corrected chi connectivity index (χ3v) is 7.36. The van der Waals surface area contributed by atoms with Gasteiger partial charge in [-0.05, 0) is 29.7 Å². The second-order valence-electron chi connectivity index (χ2n) is 10.5. The molecule has 2 aromatic carbocycles. The highest BCUT2D eigenvalue weighted by molar-refractivity contribution is 7.99. The number of thioether (sulfide) groups is 1. The largest absolute Gasteiger partial charge is 0.455 e. The van der Waals surface area contributed by atoms with Crippen molar-refractivity contribution in [1.29, 1.82) is 0 Å². The number of carbonyl (C=O) groups is 2. The third kappa shape index (κ3) is 7.84. The predicted octanol–water partition coefficient (Wildman–Crippen LogP) is 5.26. The van der Waals surface area contributed by atoms with Crippen molar-refractivity contribution in [3.05, 3.63) is 60.7 Å². The number of hydrogen-bond donors (Lipinski definition) is 3. The number of methoxy groups -OCH3 is 1. The molecule has 3 N–H and O–H groups in total. The Morgan fingerprint density at radius 3 is 2.51 bits per heavy atom. The van der Waals surface area contributed by atoms with Crippen LogP contribution in [-0.2, 0) is 14.3 Å². The molecule has 0 saturated carbocycles. The molecule has 0 saturated heterocycles. The van der Waals surface area contributed by atoms with Crippen LogP contribution in [0.2, 0.25) is 0 Å². The molecule has 0 fully saturated rings. The van der Waals surface area contributed by atoms with Crippen molar-refractivity contribution in [3.63, 3.8) is 0 Å². The van der Waals surface area contributed by atoms with Crippen LogP contribution in [0.25, 0.3) is 0 Å². The van der Waals surface area contributed by atoms with Gasteiger partial charge in [0.05, 0.1) is 11.8 Å². The summed E-state index contributed by atoms with van der Waals surface area (Å²) in [5.41, 5.74) is 0.563. The quantitative estimate of drug-likeness (QED) is 0.386. The summed E-state index contributed by atoms with van der Waals surface area (Å²) >= 11 is 1.46. The average molecular weight is 527 g/mol. The first-order valence-electron chi connectivity index (χ1n) is 12.5. The minimum Gasteiger partial charge on any atom is -0.455 e. The number of aliphatic hydroxyl groups excluding tert-OH is 1. The molecule has 5 atom stereocenters. The number of hydrogen-bond acceptors (Lipinski definition) is 6. The SMILES string of the molecule is CO[C@@H](C(=O)NC1CSc2cccc(Oc3ccccc3)c2NC1=O)[C@H](C)[C@@H](O)[C@H](C)/C=C/C(C)(C)C. The van der Waals surface area contributed by atoms with Crippen molar-refractivity contribution in [2.75, 3.05) is 18.2 Å². The van der Waals surface area contributed by atoms with Gasteiger partial charge >= 0.3 is 0 Å². The Labute approximate surface area is 224 Å². The molecular formula is C29H38N2O5S. The molecule has 2 aromatic rings. The van der Waals surface area contributed by atoms with E-state index in [2.05, 4.69) is 37.5 Å². The van der Waals surface area contributed by atoms with Gasteiger partial charge in [0.15, 0.2) is 5.75 Å². The Kier molecular flexibility index (Phi) is 9.81. The van der Waals surface area contributed by atoms with Gasteiger partial charge < -0.3 is 25.2 Å². The normalized spacial score (nSPS) is 19.2. The fraction of sp³-hybridized carbons (Fsp3) is 0.448.